The second-order valence-electron chi connectivity index (χ2n) is 6.80. The van der Waals surface area contributed by atoms with Crippen LogP contribution in [0, 0.1) is 12.7 Å². The molecule has 0 unspecified atom stereocenters. The summed E-state index contributed by atoms with van der Waals surface area (Å²) < 4.78 is 19.4. The fourth-order valence-electron chi connectivity index (χ4n) is 2.77. The topological polar surface area (TPSA) is 68.0 Å². The molecule has 0 radical (unpaired) electrons. The van der Waals surface area contributed by atoms with Crippen molar-refractivity contribution in [1.82, 2.24) is 10.2 Å². The third kappa shape index (κ3) is 4.42. The minimum absolute atomic E-state index is 0.0919. The van der Waals surface area contributed by atoms with E-state index in [1.807, 2.05) is 25.1 Å². The van der Waals surface area contributed by atoms with Gasteiger partial charge in [0.15, 0.2) is 0 Å². The first kappa shape index (κ1) is 20.1. The number of rotatable bonds is 6. The summed E-state index contributed by atoms with van der Waals surface area (Å²) >= 11 is 1.14. The van der Waals surface area contributed by atoms with Crippen molar-refractivity contribution in [3.8, 4) is 11.5 Å². The van der Waals surface area contributed by atoms with Crippen LogP contribution in [0.3, 0.4) is 0 Å². The van der Waals surface area contributed by atoms with E-state index in [2.05, 4.69) is 29.4 Å². The van der Waals surface area contributed by atoms with Gasteiger partial charge in [0.25, 0.3) is 11.1 Å². The van der Waals surface area contributed by atoms with Gasteiger partial charge in [-0.3, -0.25) is 4.79 Å². The second kappa shape index (κ2) is 8.56. The van der Waals surface area contributed by atoms with E-state index in [0.717, 1.165) is 28.6 Å². The van der Waals surface area contributed by atoms with E-state index in [1.54, 1.807) is 25.1 Å². The van der Waals surface area contributed by atoms with Crippen molar-refractivity contribution in [2.75, 3.05) is 5.32 Å². The van der Waals surface area contributed by atoms with E-state index in [9.17, 15) is 9.18 Å². The highest BCUT2D eigenvalue weighted by Crippen LogP contribution is 2.30. The molecule has 1 N–H and O–H groups in total. The summed E-state index contributed by atoms with van der Waals surface area (Å²) in [5.74, 6) is -0.215. The Balaban J connectivity index is 1.72. The predicted octanol–water partition coefficient (Wildman–Crippen LogP) is 5.43. The van der Waals surface area contributed by atoms with Crippen LogP contribution in [-0.4, -0.2) is 21.4 Å². The number of aromatic nitrogens is 2. The molecular weight excluding hydrogens is 377 g/mol. The number of carbonyl (C=O) groups is 1. The van der Waals surface area contributed by atoms with Crippen molar-refractivity contribution in [1.29, 1.82) is 0 Å². The number of hydrogen-bond donors (Lipinski definition) is 1. The Labute approximate surface area is 167 Å². The standard InChI is InChI=1S/C21H22FN3O2S/c1-12(2)15-10-7-8-13(3)18(15)23-19(26)14(4)28-21-25-24-20(27-21)16-9-5-6-11-17(16)22/h5-12,14H,1-4H3,(H,23,26)/t14-/m1/s1. The highest BCUT2D eigenvalue weighted by molar-refractivity contribution is 8.00. The lowest BCUT2D eigenvalue weighted by atomic mass is 9.98. The van der Waals surface area contributed by atoms with Gasteiger partial charge in [0.2, 0.25) is 5.91 Å². The van der Waals surface area contributed by atoms with Gasteiger partial charge in [-0.2, -0.15) is 0 Å². The van der Waals surface area contributed by atoms with Crippen LogP contribution in [0.4, 0.5) is 10.1 Å². The number of benzene rings is 2. The van der Waals surface area contributed by atoms with Crippen LogP contribution in [0.5, 0.6) is 0 Å². The van der Waals surface area contributed by atoms with E-state index >= 15 is 0 Å². The van der Waals surface area contributed by atoms with Crippen LogP contribution in [0.25, 0.3) is 11.5 Å². The monoisotopic (exact) mass is 399 g/mol. The zero-order valence-electron chi connectivity index (χ0n) is 16.2. The van der Waals surface area contributed by atoms with Crippen molar-refractivity contribution in [3.63, 3.8) is 0 Å². The summed E-state index contributed by atoms with van der Waals surface area (Å²) in [4.78, 5) is 12.7. The van der Waals surface area contributed by atoms with E-state index in [0.29, 0.717) is 0 Å². The molecule has 0 bridgehead atoms. The van der Waals surface area contributed by atoms with Crippen molar-refractivity contribution >= 4 is 23.4 Å². The Kier molecular flexibility index (Phi) is 6.14. The molecule has 0 aliphatic heterocycles. The zero-order valence-corrected chi connectivity index (χ0v) is 17.0. The Hall–Kier alpha value is -2.67. The fourth-order valence-corrected chi connectivity index (χ4v) is 3.46. The number of halogens is 1. The molecule has 0 aliphatic carbocycles. The molecule has 0 aliphatic rings. The molecule has 7 heteroatoms. The summed E-state index contributed by atoms with van der Waals surface area (Å²) in [6.07, 6.45) is 0. The van der Waals surface area contributed by atoms with E-state index in [1.165, 1.54) is 6.07 Å². The molecule has 1 aromatic heterocycles. The van der Waals surface area contributed by atoms with Crippen molar-refractivity contribution in [2.45, 2.75) is 44.1 Å². The molecular formula is C21H22FN3O2S. The zero-order chi connectivity index (χ0) is 20.3. The average Bonchev–Trinajstić information content (AvgIpc) is 3.11. The molecule has 0 fully saturated rings. The van der Waals surface area contributed by atoms with Gasteiger partial charge in [0, 0.05) is 5.69 Å². The SMILES string of the molecule is Cc1cccc(C(C)C)c1NC(=O)[C@@H](C)Sc1nnc(-c2ccccc2F)o1. The Morgan fingerprint density at radius 1 is 1.11 bits per heavy atom. The molecule has 3 aromatic rings. The number of nitrogens with one attached hydrogen (secondary N) is 1. The minimum Gasteiger partial charge on any atom is -0.411 e. The van der Waals surface area contributed by atoms with Gasteiger partial charge in [-0.15, -0.1) is 10.2 Å². The number of carbonyl (C=O) groups excluding carboxylic acids is 1. The first-order chi connectivity index (χ1) is 13.4. The quantitative estimate of drug-likeness (QED) is 0.560. The van der Waals surface area contributed by atoms with Gasteiger partial charge in [0.05, 0.1) is 10.8 Å². The number of anilines is 1. The number of aryl methyl sites for hydroxylation is 1. The lowest BCUT2D eigenvalue weighted by molar-refractivity contribution is -0.115. The summed E-state index contributed by atoms with van der Waals surface area (Å²) in [5, 5.41) is 10.6. The molecule has 3 rings (SSSR count). The van der Waals surface area contributed by atoms with Crippen LogP contribution >= 0.6 is 11.8 Å². The van der Waals surface area contributed by atoms with Gasteiger partial charge in [-0.1, -0.05) is 55.9 Å². The average molecular weight is 399 g/mol. The predicted molar refractivity (Wildman–Crippen MR) is 109 cm³/mol. The smallest absolute Gasteiger partial charge is 0.277 e. The van der Waals surface area contributed by atoms with Crippen molar-refractivity contribution < 1.29 is 13.6 Å². The molecule has 146 valence electrons. The van der Waals surface area contributed by atoms with Crippen LogP contribution < -0.4 is 5.32 Å². The van der Waals surface area contributed by atoms with Crippen LogP contribution in [0.15, 0.2) is 52.1 Å². The third-order valence-electron chi connectivity index (χ3n) is 4.33. The maximum absolute atomic E-state index is 13.9. The molecule has 2 aromatic carbocycles. The lowest BCUT2D eigenvalue weighted by Crippen LogP contribution is -2.23. The summed E-state index contributed by atoms with van der Waals surface area (Å²) in [7, 11) is 0. The van der Waals surface area contributed by atoms with Gasteiger partial charge in [-0.25, -0.2) is 4.39 Å². The summed E-state index contributed by atoms with van der Waals surface area (Å²) in [5.41, 5.74) is 3.18. The second-order valence-corrected chi connectivity index (χ2v) is 8.09. The van der Waals surface area contributed by atoms with E-state index in [-0.39, 0.29) is 28.5 Å². The van der Waals surface area contributed by atoms with Gasteiger partial charge >= 0.3 is 0 Å². The molecule has 5 nitrogen and oxygen atoms in total. The molecule has 0 saturated heterocycles. The van der Waals surface area contributed by atoms with Gasteiger partial charge in [0.1, 0.15) is 5.82 Å². The molecule has 0 saturated carbocycles. The molecule has 1 amide bonds. The van der Waals surface area contributed by atoms with Crippen molar-refractivity contribution in [3.05, 3.63) is 59.4 Å². The highest BCUT2D eigenvalue weighted by atomic mass is 32.2. The normalized spacial score (nSPS) is 12.2. The van der Waals surface area contributed by atoms with Gasteiger partial charge < -0.3 is 9.73 Å². The van der Waals surface area contributed by atoms with Crippen LogP contribution in [0.2, 0.25) is 0 Å². The van der Waals surface area contributed by atoms with Crippen molar-refractivity contribution in [2.24, 2.45) is 0 Å². The number of amides is 1. The van der Waals surface area contributed by atoms with Gasteiger partial charge in [-0.05, 0) is 43.0 Å². The maximum Gasteiger partial charge on any atom is 0.277 e. The maximum atomic E-state index is 13.9. The molecule has 28 heavy (non-hydrogen) atoms. The number of hydrogen-bond acceptors (Lipinski definition) is 5. The number of nitrogens with zero attached hydrogens (tertiary/aromatic N) is 2. The fraction of sp³-hybridized carbons (Fsp3) is 0.286. The van der Waals surface area contributed by atoms with E-state index < -0.39 is 11.1 Å². The molecule has 1 heterocycles. The largest absolute Gasteiger partial charge is 0.411 e. The summed E-state index contributed by atoms with van der Waals surface area (Å²) in [6, 6.07) is 12.2. The first-order valence-corrected chi connectivity index (χ1v) is 9.90. The first-order valence-electron chi connectivity index (χ1n) is 9.02. The molecule has 1 atom stereocenters. The molecule has 0 spiro atoms. The minimum atomic E-state index is -0.464. The Morgan fingerprint density at radius 2 is 1.86 bits per heavy atom. The van der Waals surface area contributed by atoms with Crippen LogP contribution in [-0.2, 0) is 4.79 Å². The summed E-state index contributed by atoms with van der Waals surface area (Å²) in [6.45, 7) is 7.91. The van der Waals surface area contributed by atoms with E-state index in [4.69, 9.17) is 4.42 Å². The number of para-hydroxylation sites is 1. The lowest BCUT2D eigenvalue weighted by Gasteiger charge is -2.18. The van der Waals surface area contributed by atoms with Crippen LogP contribution in [0.1, 0.15) is 37.8 Å². The third-order valence-corrected chi connectivity index (χ3v) is 5.27. The number of thioether (sulfide) groups is 1. The Morgan fingerprint density at radius 3 is 2.57 bits per heavy atom. The Bertz CT molecular complexity index is 987. The highest BCUT2D eigenvalue weighted by Gasteiger charge is 2.21.